The molecule has 16 heteroatoms. The largest absolute Gasteiger partial charge is 0.423 e. The zero-order valence-electron chi connectivity index (χ0n) is 29.9. The Morgan fingerprint density at radius 2 is 0.804 bits per heavy atom. The van der Waals surface area contributed by atoms with Crippen LogP contribution in [0.25, 0.3) is 12.2 Å². The van der Waals surface area contributed by atoms with Crippen LogP contribution in [-0.2, 0) is 42.3 Å². The minimum absolute atomic E-state index is 0.0852. The Morgan fingerprint density at radius 1 is 0.500 bits per heavy atom. The molecule has 0 bridgehead atoms. The van der Waals surface area contributed by atoms with Gasteiger partial charge in [0.05, 0.1) is 21.6 Å². The van der Waals surface area contributed by atoms with Gasteiger partial charge in [-0.3, -0.25) is 23.4 Å². The van der Waals surface area contributed by atoms with E-state index in [1.807, 2.05) is 0 Å². The van der Waals surface area contributed by atoms with Crippen molar-refractivity contribution in [1.29, 1.82) is 0 Å². The fourth-order valence-electron chi connectivity index (χ4n) is 5.13. The smallest absolute Gasteiger partial charge is 0.416 e. The van der Waals surface area contributed by atoms with E-state index < -0.39 is 68.7 Å². The molecule has 4 aromatic carbocycles. The second-order valence-corrected chi connectivity index (χ2v) is 13.6. The highest BCUT2D eigenvalue weighted by Crippen LogP contribution is 2.39. The van der Waals surface area contributed by atoms with Gasteiger partial charge in [-0.15, -0.1) is 0 Å². The first kappa shape index (κ1) is 42.7. The molecule has 9 nitrogen and oxygen atoms in total. The number of rotatable bonds is 12. The van der Waals surface area contributed by atoms with Crippen molar-refractivity contribution in [3.63, 3.8) is 0 Å². The Balaban J connectivity index is 1.87. The molecule has 0 fully saturated rings. The monoisotopic (exact) mass is 802 g/mol. The highest BCUT2D eigenvalue weighted by Gasteiger charge is 2.33. The van der Waals surface area contributed by atoms with Crippen LogP contribution in [0.2, 0.25) is 0 Å². The molecule has 4 aromatic rings. The molecule has 0 aliphatic rings. The summed E-state index contributed by atoms with van der Waals surface area (Å²) in [6, 6.07) is 15.9. The molecule has 0 spiro atoms. The minimum Gasteiger partial charge on any atom is -0.423 e. The summed E-state index contributed by atoms with van der Waals surface area (Å²) < 4.78 is 116. The van der Waals surface area contributed by atoms with Crippen molar-refractivity contribution in [2.45, 2.75) is 50.5 Å². The number of benzene rings is 4. The van der Waals surface area contributed by atoms with Crippen molar-refractivity contribution in [3.8, 4) is 23.0 Å². The maximum absolute atomic E-state index is 14.7. The van der Waals surface area contributed by atoms with Gasteiger partial charge in [-0.25, -0.2) is 0 Å². The topological polar surface area (TPSA) is 122 Å². The Morgan fingerprint density at radius 3 is 1.09 bits per heavy atom. The summed E-state index contributed by atoms with van der Waals surface area (Å²) in [4.78, 5) is 46.7. The van der Waals surface area contributed by atoms with Gasteiger partial charge < -0.3 is 18.9 Å². The van der Waals surface area contributed by atoms with Crippen LogP contribution >= 0.6 is 0 Å². The number of hydrogen-bond donors (Lipinski definition) is 0. The van der Waals surface area contributed by atoms with Crippen molar-refractivity contribution in [1.82, 2.24) is 0 Å². The molecular weight excluding hydrogens is 770 g/mol. The average molecular weight is 803 g/mol. The van der Waals surface area contributed by atoms with Crippen LogP contribution in [0.15, 0.2) is 97.1 Å². The van der Waals surface area contributed by atoms with Crippen LogP contribution in [0.3, 0.4) is 0 Å². The van der Waals surface area contributed by atoms with E-state index in [0.29, 0.717) is 11.1 Å². The van der Waals surface area contributed by atoms with E-state index in [-0.39, 0.29) is 34.1 Å². The van der Waals surface area contributed by atoms with E-state index in [4.69, 9.17) is 18.9 Å². The number of esters is 4. The number of carbonyl (C=O) groups is 4. The third-order valence-corrected chi connectivity index (χ3v) is 9.37. The Hall–Kier alpha value is -6.03. The molecule has 0 amide bonds. The summed E-state index contributed by atoms with van der Waals surface area (Å²) in [6.45, 7) is 4.50. The van der Waals surface area contributed by atoms with Crippen LogP contribution in [0.1, 0.15) is 71.6 Å². The summed E-state index contributed by atoms with van der Waals surface area (Å²) in [7, 11) is -2.20. The molecule has 56 heavy (non-hydrogen) atoms. The number of hydrogen-bond acceptors (Lipinski definition) is 9. The molecule has 2 unspecified atom stereocenters. The van der Waals surface area contributed by atoms with Crippen LogP contribution in [-0.4, -0.2) is 28.1 Å². The van der Waals surface area contributed by atoms with Crippen LogP contribution in [0.5, 0.6) is 23.0 Å². The van der Waals surface area contributed by atoms with E-state index in [0.717, 1.165) is 76.2 Å². The van der Waals surface area contributed by atoms with Gasteiger partial charge in [0.15, 0.2) is 23.0 Å². The van der Waals surface area contributed by atoms with E-state index in [9.17, 15) is 49.7 Å². The highest BCUT2D eigenvalue weighted by molar-refractivity contribution is 7.85. The summed E-state index contributed by atoms with van der Waals surface area (Å²) in [5, 5.41) is -2.44. The van der Waals surface area contributed by atoms with E-state index >= 15 is 0 Å². The van der Waals surface area contributed by atoms with Gasteiger partial charge in [0.1, 0.15) is 0 Å². The third kappa shape index (κ3) is 12.0. The first-order valence-electron chi connectivity index (χ1n) is 16.3. The molecule has 2 atom stereocenters. The molecule has 0 aliphatic heterocycles. The molecule has 0 saturated heterocycles. The summed E-state index contributed by atoms with van der Waals surface area (Å²) in [5.41, 5.74) is -1.06. The lowest BCUT2D eigenvalue weighted by Crippen LogP contribution is -2.13. The van der Waals surface area contributed by atoms with Crippen LogP contribution < -0.4 is 18.9 Å². The molecule has 294 valence electrons. The zero-order valence-corrected chi connectivity index (χ0v) is 30.7. The van der Waals surface area contributed by atoms with Crippen molar-refractivity contribution >= 4 is 46.8 Å². The van der Waals surface area contributed by atoms with Crippen molar-refractivity contribution in [2.75, 3.05) is 0 Å². The summed E-state index contributed by atoms with van der Waals surface area (Å²) in [6.07, 6.45) is -3.74. The van der Waals surface area contributed by atoms with Gasteiger partial charge in [0, 0.05) is 38.5 Å². The maximum Gasteiger partial charge on any atom is 0.416 e. The standard InChI is InChI=1S/C40H32F6O9S/c1-23(47)52-33-17-5-27(21-35(33)54-25(3)49)7-19-37(29-9-13-31(14-10-29)39(41,42)43)56(51)38(30-11-15-32(16-12-30)40(44,45)46)20-8-28-6-18-34(53-24(2)48)36(22-28)55-26(4)50/h5-22,37-38H,1-4H3/b19-7+,20-8+. The number of halogens is 6. The van der Waals surface area contributed by atoms with Crippen molar-refractivity contribution < 1.29 is 68.7 Å². The lowest BCUT2D eigenvalue weighted by Gasteiger charge is -2.21. The molecule has 0 saturated carbocycles. The van der Waals surface area contributed by atoms with Gasteiger partial charge in [-0.1, -0.05) is 60.7 Å². The highest BCUT2D eigenvalue weighted by atomic mass is 32.2. The van der Waals surface area contributed by atoms with Gasteiger partial charge in [0.25, 0.3) is 0 Å². The zero-order chi connectivity index (χ0) is 41.4. The lowest BCUT2D eigenvalue weighted by molar-refractivity contribution is -0.138. The quantitative estimate of drug-likeness (QED) is 0.0784. The van der Waals surface area contributed by atoms with Gasteiger partial charge in [0.2, 0.25) is 0 Å². The predicted octanol–water partition coefficient (Wildman–Crippen LogP) is 9.38. The molecule has 0 aliphatic carbocycles. The number of carbonyl (C=O) groups excluding carboxylic acids is 4. The van der Waals surface area contributed by atoms with Crippen LogP contribution in [0, 0.1) is 0 Å². The van der Waals surface area contributed by atoms with E-state index in [2.05, 4.69) is 0 Å². The van der Waals surface area contributed by atoms with Gasteiger partial charge in [-0.2, -0.15) is 26.3 Å². The normalized spacial score (nSPS) is 13.5. The minimum atomic E-state index is -4.69. The fraction of sp³-hybridized carbons (Fsp3) is 0.200. The first-order chi connectivity index (χ1) is 26.2. The predicted molar refractivity (Wildman–Crippen MR) is 193 cm³/mol. The third-order valence-electron chi connectivity index (χ3n) is 7.51. The van der Waals surface area contributed by atoms with Gasteiger partial charge in [-0.05, 0) is 70.8 Å². The number of alkyl halides is 6. The number of ether oxygens (including phenoxy) is 4. The lowest BCUT2D eigenvalue weighted by atomic mass is 10.1. The Bertz CT molecular complexity index is 2020. The average Bonchev–Trinajstić information content (AvgIpc) is 3.09. The molecule has 4 rings (SSSR count). The van der Waals surface area contributed by atoms with Gasteiger partial charge >= 0.3 is 36.2 Å². The SMILES string of the molecule is CC(=O)Oc1ccc(/C=C/C(c2ccc(C(F)(F)F)cc2)S(=O)C(/C=C/c2ccc(OC(C)=O)c(OC(C)=O)c2)c2ccc(C(F)(F)F)cc2)cc1OC(C)=O. The molecular formula is C40H32F6O9S. The summed E-state index contributed by atoms with van der Waals surface area (Å²) in [5.74, 6) is -3.34. The fourth-order valence-corrected chi connectivity index (χ4v) is 6.76. The second kappa shape index (κ2) is 18.1. The molecule has 0 N–H and O–H groups in total. The summed E-state index contributed by atoms with van der Waals surface area (Å²) >= 11 is 0. The van der Waals surface area contributed by atoms with Crippen molar-refractivity contribution in [3.05, 3.63) is 130 Å². The van der Waals surface area contributed by atoms with Crippen LogP contribution in [0.4, 0.5) is 26.3 Å². The molecule has 0 aromatic heterocycles. The van der Waals surface area contributed by atoms with E-state index in [1.54, 1.807) is 0 Å². The molecule has 0 heterocycles. The van der Waals surface area contributed by atoms with Crippen molar-refractivity contribution in [2.24, 2.45) is 0 Å². The molecule has 0 radical (unpaired) electrons. The Kier molecular flexibility index (Phi) is 13.8. The Labute approximate surface area is 319 Å². The van der Waals surface area contributed by atoms with E-state index in [1.165, 1.54) is 60.7 Å². The first-order valence-corrected chi connectivity index (χ1v) is 17.6. The second-order valence-electron chi connectivity index (χ2n) is 11.9. The maximum atomic E-state index is 14.7.